The molecule has 0 aliphatic carbocycles. The Hall–Kier alpha value is -1.32. The van der Waals surface area contributed by atoms with E-state index in [1.165, 1.54) is 12.1 Å². The zero-order valence-electron chi connectivity index (χ0n) is 8.49. The highest BCUT2D eigenvalue weighted by Crippen LogP contribution is 2.23. The van der Waals surface area contributed by atoms with Gasteiger partial charge in [-0.3, -0.25) is 0 Å². The van der Waals surface area contributed by atoms with E-state index >= 15 is 0 Å². The van der Waals surface area contributed by atoms with Crippen molar-refractivity contribution in [3.8, 4) is 0 Å². The van der Waals surface area contributed by atoms with E-state index in [1.807, 2.05) is 6.07 Å². The van der Waals surface area contributed by atoms with Gasteiger partial charge in [0.1, 0.15) is 11.6 Å². The first kappa shape index (κ1) is 11.2. The SMILES string of the molecule is NC(Cc1ccc(F)cc1Cl)c1ccco1. The molecule has 1 aromatic heterocycles. The molecule has 16 heavy (non-hydrogen) atoms. The van der Waals surface area contributed by atoms with Gasteiger partial charge in [-0.1, -0.05) is 17.7 Å². The molecule has 0 saturated carbocycles. The molecule has 1 heterocycles. The lowest BCUT2D eigenvalue weighted by atomic mass is 10.0. The summed E-state index contributed by atoms with van der Waals surface area (Å²) in [6.07, 6.45) is 2.09. The minimum atomic E-state index is -0.347. The molecule has 2 nitrogen and oxygen atoms in total. The van der Waals surface area contributed by atoms with Crippen LogP contribution in [0.25, 0.3) is 0 Å². The fraction of sp³-hybridized carbons (Fsp3) is 0.167. The molecule has 84 valence electrons. The van der Waals surface area contributed by atoms with Crippen molar-refractivity contribution in [2.24, 2.45) is 5.73 Å². The maximum atomic E-state index is 12.8. The maximum absolute atomic E-state index is 12.8. The predicted octanol–water partition coefficient (Wildman–Crippen LogP) is 3.31. The van der Waals surface area contributed by atoms with Crippen molar-refractivity contribution < 1.29 is 8.81 Å². The monoisotopic (exact) mass is 239 g/mol. The maximum Gasteiger partial charge on any atom is 0.124 e. The van der Waals surface area contributed by atoms with E-state index in [0.29, 0.717) is 17.2 Å². The van der Waals surface area contributed by atoms with Crippen LogP contribution in [0, 0.1) is 5.82 Å². The van der Waals surface area contributed by atoms with E-state index in [4.69, 9.17) is 21.8 Å². The van der Waals surface area contributed by atoms with Crippen LogP contribution in [-0.2, 0) is 6.42 Å². The van der Waals surface area contributed by atoms with Crippen LogP contribution >= 0.6 is 11.6 Å². The third-order valence-corrected chi connectivity index (χ3v) is 2.72. The Bertz CT molecular complexity index is 470. The van der Waals surface area contributed by atoms with E-state index in [1.54, 1.807) is 18.4 Å². The largest absolute Gasteiger partial charge is 0.468 e. The smallest absolute Gasteiger partial charge is 0.124 e. The Labute approximate surface area is 97.8 Å². The summed E-state index contributed by atoms with van der Waals surface area (Å²) in [6, 6.07) is 7.62. The lowest BCUT2D eigenvalue weighted by molar-refractivity contribution is 0.464. The third-order valence-electron chi connectivity index (χ3n) is 2.36. The Morgan fingerprint density at radius 3 is 2.81 bits per heavy atom. The summed E-state index contributed by atoms with van der Waals surface area (Å²) in [5.41, 5.74) is 6.74. The van der Waals surface area contributed by atoms with Gasteiger partial charge in [-0.05, 0) is 36.2 Å². The number of benzene rings is 1. The highest BCUT2D eigenvalue weighted by molar-refractivity contribution is 6.31. The van der Waals surface area contributed by atoms with Gasteiger partial charge in [0.2, 0.25) is 0 Å². The molecule has 1 aromatic carbocycles. The second-order valence-corrected chi connectivity index (χ2v) is 3.97. The standard InChI is InChI=1S/C12H11ClFNO/c13-10-7-9(14)4-3-8(10)6-11(15)12-2-1-5-16-12/h1-5,7,11H,6,15H2. The van der Waals surface area contributed by atoms with E-state index in [-0.39, 0.29) is 11.9 Å². The normalized spacial score (nSPS) is 12.7. The van der Waals surface area contributed by atoms with Gasteiger partial charge in [0, 0.05) is 5.02 Å². The second-order valence-electron chi connectivity index (χ2n) is 3.56. The van der Waals surface area contributed by atoms with Crippen molar-refractivity contribution in [2.75, 3.05) is 0 Å². The average Bonchev–Trinajstić information content (AvgIpc) is 2.75. The molecular formula is C12H11ClFNO. The zero-order chi connectivity index (χ0) is 11.5. The fourth-order valence-electron chi connectivity index (χ4n) is 1.53. The van der Waals surface area contributed by atoms with Gasteiger partial charge < -0.3 is 10.2 Å². The van der Waals surface area contributed by atoms with Crippen LogP contribution in [0.15, 0.2) is 41.0 Å². The molecule has 0 bridgehead atoms. The molecule has 2 aromatic rings. The molecule has 0 aliphatic heterocycles. The lowest BCUT2D eigenvalue weighted by Gasteiger charge is -2.10. The van der Waals surface area contributed by atoms with Gasteiger partial charge in [0.05, 0.1) is 12.3 Å². The summed E-state index contributed by atoms with van der Waals surface area (Å²) in [4.78, 5) is 0. The van der Waals surface area contributed by atoms with Crippen LogP contribution in [-0.4, -0.2) is 0 Å². The molecule has 0 aliphatic rings. The van der Waals surface area contributed by atoms with Gasteiger partial charge in [-0.2, -0.15) is 0 Å². The van der Waals surface area contributed by atoms with Crippen LogP contribution in [0.3, 0.4) is 0 Å². The molecule has 0 spiro atoms. The highest BCUT2D eigenvalue weighted by atomic mass is 35.5. The van der Waals surface area contributed by atoms with Crippen LogP contribution in [0.2, 0.25) is 5.02 Å². The van der Waals surface area contributed by atoms with Crippen molar-refractivity contribution >= 4 is 11.6 Å². The molecule has 1 atom stereocenters. The Morgan fingerprint density at radius 2 is 2.19 bits per heavy atom. The van der Waals surface area contributed by atoms with Crippen molar-refractivity contribution in [3.05, 3.63) is 58.8 Å². The van der Waals surface area contributed by atoms with Gasteiger partial charge >= 0.3 is 0 Å². The molecule has 0 radical (unpaired) electrons. The van der Waals surface area contributed by atoms with E-state index in [2.05, 4.69) is 0 Å². The summed E-state index contributed by atoms with van der Waals surface area (Å²) >= 11 is 5.91. The van der Waals surface area contributed by atoms with Crippen LogP contribution in [0.5, 0.6) is 0 Å². The Balaban J connectivity index is 2.15. The number of nitrogens with two attached hydrogens (primary N) is 1. The van der Waals surface area contributed by atoms with Crippen molar-refractivity contribution in [1.82, 2.24) is 0 Å². The molecule has 0 saturated heterocycles. The molecule has 2 N–H and O–H groups in total. The third kappa shape index (κ3) is 2.43. The number of rotatable bonds is 3. The average molecular weight is 240 g/mol. The number of halogens is 2. The molecule has 2 rings (SSSR count). The quantitative estimate of drug-likeness (QED) is 0.893. The predicted molar refractivity (Wildman–Crippen MR) is 60.8 cm³/mol. The van der Waals surface area contributed by atoms with Crippen LogP contribution in [0.4, 0.5) is 4.39 Å². The molecule has 1 unspecified atom stereocenters. The Kier molecular flexibility index (Phi) is 3.27. The van der Waals surface area contributed by atoms with E-state index in [9.17, 15) is 4.39 Å². The molecule has 4 heteroatoms. The Morgan fingerprint density at radius 1 is 1.38 bits per heavy atom. The van der Waals surface area contributed by atoms with E-state index in [0.717, 1.165) is 5.56 Å². The lowest BCUT2D eigenvalue weighted by Crippen LogP contribution is -2.12. The number of hydrogen-bond donors (Lipinski definition) is 1. The van der Waals surface area contributed by atoms with Crippen molar-refractivity contribution in [3.63, 3.8) is 0 Å². The second kappa shape index (κ2) is 4.68. The van der Waals surface area contributed by atoms with Gasteiger partial charge in [0.15, 0.2) is 0 Å². The van der Waals surface area contributed by atoms with Crippen molar-refractivity contribution in [2.45, 2.75) is 12.5 Å². The zero-order valence-corrected chi connectivity index (χ0v) is 9.25. The minimum Gasteiger partial charge on any atom is -0.468 e. The summed E-state index contributed by atoms with van der Waals surface area (Å²) in [5.74, 6) is 0.348. The summed E-state index contributed by atoms with van der Waals surface area (Å²) in [5, 5.41) is 0.391. The highest BCUT2D eigenvalue weighted by Gasteiger charge is 2.12. The first-order valence-corrected chi connectivity index (χ1v) is 5.27. The fourth-order valence-corrected chi connectivity index (χ4v) is 1.77. The van der Waals surface area contributed by atoms with Crippen LogP contribution in [0.1, 0.15) is 17.4 Å². The van der Waals surface area contributed by atoms with Gasteiger partial charge in [0.25, 0.3) is 0 Å². The van der Waals surface area contributed by atoms with Gasteiger partial charge in [-0.25, -0.2) is 4.39 Å². The first-order valence-electron chi connectivity index (χ1n) is 4.89. The molecule has 0 amide bonds. The minimum absolute atomic E-state index is 0.266. The topological polar surface area (TPSA) is 39.2 Å². The summed E-state index contributed by atoms with van der Waals surface area (Å²) in [6.45, 7) is 0. The molecule has 0 fully saturated rings. The van der Waals surface area contributed by atoms with E-state index < -0.39 is 0 Å². The summed E-state index contributed by atoms with van der Waals surface area (Å²) in [7, 11) is 0. The van der Waals surface area contributed by atoms with Gasteiger partial charge in [-0.15, -0.1) is 0 Å². The molecular weight excluding hydrogens is 229 g/mol. The number of furan rings is 1. The first-order chi connectivity index (χ1) is 7.66. The van der Waals surface area contributed by atoms with Crippen molar-refractivity contribution in [1.29, 1.82) is 0 Å². The summed E-state index contributed by atoms with van der Waals surface area (Å²) < 4.78 is 18.0. The van der Waals surface area contributed by atoms with Crippen LogP contribution < -0.4 is 5.73 Å². The number of hydrogen-bond acceptors (Lipinski definition) is 2.